The van der Waals surface area contributed by atoms with Crippen molar-refractivity contribution in [3.05, 3.63) is 44.8 Å². The van der Waals surface area contributed by atoms with Crippen LogP contribution in [0, 0.1) is 0 Å². The van der Waals surface area contributed by atoms with E-state index in [1.54, 1.807) is 41.7 Å². The summed E-state index contributed by atoms with van der Waals surface area (Å²) in [5.41, 5.74) is 0. The first-order valence-corrected chi connectivity index (χ1v) is 8.37. The fourth-order valence-electron chi connectivity index (χ4n) is 2.12. The van der Waals surface area contributed by atoms with Crippen LogP contribution >= 0.6 is 22.7 Å². The molecule has 1 N–H and O–H groups in total. The van der Waals surface area contributed by atoms with Crippen LogP contribution in [0.25, 0.3) is 0 Å². The summed E-state index contributed by atoms with van der Waals surface area (Å²) in [5, 5.41) is 7.64. The highest BCUT2D eigenvalue weighted by molar-refractivity contribution is 7.10. The zero-order valence-corrected chi connectivity index (χ0v) is 13.6. The second-order valence-corrected chi connectivity index (χ2v) is 6.98. The molecule has 0 aliphatic heterocycles. The molecule has 2 unspecified atom stereocenters. The van der Waals surface area contributed by atoms with Crippen LogP contribution < -0.4 is 5.32 Å². The van der Waals surface area contributed by atoms with Gasteiger partial charge in [-0.05, 0) is 29.8 Å². The summed E-state index contributed by atoms with van der Waals surface area (Å²) < 4.78 is 0. The number of hydrogen-bond donors (Lipinski definition) is 1. The lowest BCUT2D eigenvalue weighted by Crippen LogP contribution is -2.43. The van der Waals surface area contributed by atoms with Crippen molar-refractivity contribution in [1.82, 2.24) is 10.2 Å². The second-order valence-electron chi connectivity index (χ2n) is 4.97. The highest BCUT2D eigenvalue weighted by Crippen LogP contribution is 2.25. The van der Waals surface area contributed by atoms with Gasteiger partial charge in [-0.15, -0.1) is 22.7 Å². The number of rotatable bonds is 6. The van der Waals surface area contributed by atoms with Gasteiger partial charge in [-0.1, -0.05) is 12.1 Å². The molecule has 108 valence electrons. The van der Waals surface area contributed by atoms with Crippen LogP contribution in [-0.2, 0) is 11.2 Å². The third kappa shape index (κ3) is 3.91. The molecule has 2 rings (SSSR count). The minimum absolute atomic E-state index is 0.109. The molecule has 0 fully saturated rings. The zero-order valence-electron chi connectivity index (χ0n) is 12.0. The van der Waals surface area contributed by atoms with Gasteiger partial charge in [0.15, 0.2) is 0 Å². The minimum atomic E-state index is -0.183. The van der Waals surface area contributed by atoms with Crippen molar-refractivity contribution in [1.29, 1.82) is 0 Å². The number of thiophene rings is 2. The molecule has 3 nitrogen and oxygen atoms in total. The van der Waals surface area contributed by atoms with Gasteiger partial charge in [0.1, 0.15) is 0 Å². The van der Waals surface area contributed by atoms with Gasteiger partial charge in [0, 0.05) is 36.3 Å². The summed E-state index contributed by atoms with van der Waals surface area (Å²) in [6, 6.07) is 8.40. The standard InChI is InChI=1S/C15H20N2OS2/c1-11(15(18)17(2)3)16-13(14-7-5-9-20-14)10-12-6-4-8-19-12/h4-9,11,13,16H,10H2,1-3H3. The molecule has 0 saturated carbocycles. The van der Waals surface area contributed by atoms with Crippen LogP contribution in [0.4, 0.5) is 0 Å². The van der Waals surface area contributed by atoms with Crippen molar-refractivity contribution in [2.75, 3.05) is 14.1 Å². The first-order valence-electron chi connectivity index (χ1n) is 6.61. The molecule has 0 spiro atoms. The van der Waals surface area contributed by atoms with Gasteiger partial charge in [0.2, 0.25) is 5.91 Å². The first-order chi connectivity index (χ1) is 9.58. The summed E-state index contributed by atoms with van der Waals surface area (Å²) >= 11 is 3.49. The van der Waals surface area contributed by atoms with Gasteiger partial charge < -0.3 is 4.90 Å². The zero-order chi connectivity index (χ0) is 14.5. The summed E-state index contributed by atoms with van der Waals surface area (Å²) in [5.74, 6) is 0.109. The summed E-state index contributed by atoms with van der Waals surface area (Å²) in [6.07, 6.45) is 0.920. The van der Waals surface area contributed by atoms with Crippen molar-refractivity contribution in [2.24, 2.45) is 0 Å². The van der Waals surface area contributed by atoms with Crippen molar-refractivity contribution < 1.29 is 4.79 Å². The highest BCUT2D eigenvalue weighted by atomic mass is 32.1. The van der Waals surface area contributed by atoms with Crippen LogP contribution in [0.2, 0.25) is 0 Å². The molecule has 0 aliphatic carbocycles. The van der Waals surface area contributed by atoms with Crippen molar-refractivity contribution in [2.45, 2.75) is 25.4 Å². The van der Waals surface area contributed by atoms with E-state index < -0.39 is 0 Å². The average molecular weight is 308 g/mol. The third-order valence-corrected chi connectivity index (χ3v) is 5.02. The Kier molecular flexibility index (Phi) is 5.34. The van der Waals surface area contributed by atoms with E-state index in [0.29, 0.717) is 0 Å². The van der Waals surface area contributed by atoms with E-state index in [-0.39, 0.29) is 18.0 Å². The van der Waals surface area contributed by atoms with Crippen molar-refractivity contribution in [3.63, 3.8) is 0 Å². The monoisotopic (exact) mass is 308 g/mol. The maximum absolute atomic E-state index is 12.0. The van der Waals surface area contributed by atoms with Gasteiger partial charge in [-0.25, -0.2) is 0 Å². The molecular formula is C15H20N2OS2. The molecule has 20 heavy (non-hydrogen) atoms. The maximum atomic E-state index is 12.0. The Morgan fingerprint density at radius 1 is 1.25 bits per heavy atom. The highest BCUT2D eigenvalue weighted by Gasteiger charge is 2.21. The van der Waals surface area contributed by atoms with E-state index in [1.807, 2.05) is 6.92 Å². The van der Waals surface area contributed by atoms with Gasteiger partial charge in [-0.3, -0.25) is 10.1 Å². The van der Waals surface area contributed by atoms with E-state index in [1.165, 1.54) is 9.75 Å². The number of carbonyl (C=O) groups is 1. The smallest absolute Gasteiger partial charge is 0.238 e. The quantitative estimate of drug-likeness (QED) is 0.889. The summed E-state index contributed by atoms with van der Waals surface area (Å²) in [4.78, 5) is 16.3. The second kappa shape index (κ2) is 7.02. The molecule has 5 heteroatoms. The number of likely N-dealkylation sites (N-methyl/N-ethyl adjacent to an activating group) is 1. The lowest BCUT2D eigenvalue weighted by Gasteiger charge is -2.24. The Balaban J connectivity index is 2.09. The molecule has 2 aromatic rings. The lowest BCUT2D eigenvalue weighted by molar-refractivity contribution is -0.130. The molecule has 1 amide bonds. The molecular weight excluding hydrogens is 288 g/mol. The Labute approximate surface area is 128 Å². The average Bonchev–Trinajstić information content (AvgIpc) is 3.09. The van der Waals surface area contributed by atoms with Crippen LogP contribution in [-0.4, -0.2) is 30.9 Å². The molecule has 0 aliphatic rings. The SMILES string of the molecule is CC(NC(Cc1cccs1)c1cccs1)C(=O)N(C)C. The number of nitrogens with one attached hydrogen (secondary N) is 1. The van der Waals surface area contributed by atoms with Crippen molar-refractivity contribution >= 4 is 28.6 Å². The minimum Gasteiger partial charge on any atom is -0.347 e. The molecule has 2 aromatic heterocycles. The number of carbonyl (C=O) groups excluding carboxylic acids is 1. The van der Waals surface area contributed by atoms with Crippen LogP contribution in [0.15, 0.2) is 35.0 Å². The molecule has 2 atom stereocenters. The molecule has 0 saturated heterocycles. The predicted octanol–water partition coefficient (Wildman–Crippen LogP) is 3.16. The van der Waals surface area contributed by atoms with E-state index >= 15 is 0 Å². The van der Waals surface area contributed by atoms with Crippen LogP contribution in [0.3, 0.4) is 0 Å². The molecule has 2 heterocycles. The van der Waals surface area contributed by atoms with E-state index in [2.05, 4.69) is 40.3 Å². The number of amides is 1. The van der Waals surface area contributed by atoms with E-state index in [0.717, 1.165) is 6.42 Å². The molecule has 0 bridgehead atoms. The summed E-state index contributed by atoms with van der Waals surface area (Å²) in [7, 11) is 3.58. The van der Waals surface area contributed by atoms with Crippen LogP contribution in [0.5, 0.6) is 0 Å². The molecule has 0 aromatic carbocycles. The Morgan fingerprint density at radius 2 is 1.95 bits per heavy atom. The first kappa shape index (κ1) is 15.2. The van der Waals surface area contributed by atoms with Gasteiger partial charge in [-0.2, -0.15) is 0 Å². The number of nitrogens with zero attached hydrogens (tertiary/aromatic N) is 1. The van der Waals surface area contributed by atoms with Gasteiger partial charge >= 0.3 is 0 Å². The van der Waals surface area contributed by atoms with E-state index in [4.69, 9.17) is 0 Å². The number of hydrogen-bond acceptors (Lipinski definition) is 4. The summed E-state index contributed by atoms with van der Waals surface area (Å²) in [6.45, 7) is 1.93. The Bertz CT molecular complexity index is 520. The maximum Gasteiger partial charge on any atom is 0.238 e. The normalized spacial score (nSPS) is 13.9. The fraction of sp³-hybridized carbons (Fsp3) is 0.400. The molecule has 0 radical (unpaired) electrons. The third-order valence-electron chi connectivity index (χ3n) is 3.13. The van der Waals surface area contributed by atoms with Gasteiger partial charge in [0.05, 0.1) is 6.04 Å². The fourth-order valence-corrected chi connectivity index (χ4v) is 3.66. The van der Waals surface area contributed by atoms with Crippen LogP contribution in [0.1, 0.15) is 22.7 Å². The largest absolute Gasteiger partial charge is 0.347 e. The predicted molar refractivity (Wildman–Crippen MR) is 86.4 cm³/mol. The van der Waals surface area contributed by atoms with E-state index in [9.17, 15) is 4.79 Å². The Hall–Kier alpha value is -1.17. The lowest BCUT2D eigenvalue weighted by atomic mass is 10.1. The topological polar surface area (TPSA) is 32.3 Å². The Morgan fingerprint density at radius 3 is 2.50 bits per heavy atom. The van der Waals surface area contributed by atoms with Gasteiger partial charge in [0.25, 0.3) is 0 Å². The van der Waals surface area contributed by atoms with Crippen molar-refractivity contribution in [3.8, 4) is 0 Å².